The number of aliphatic carboxylic acids is 1. The molecule has 0 aromatic carbocycles. The zero-order valence-electron chi connectivity index (χ0n) is 6.69. The summed E-state index contributed by atoms with van der Waals surface area (Å²) in [7, 11) is 1.79. The standard InChI is InChI=1S/C7H9N3O2/c1-10-6-3-4(7(11)12)2-5(6)8-9-10/h4H,2-3H2,1H3,(H,11,12). The number of aryl methyl sites for hydroxylation is 1. The lowest BCUT2D eigenvalue weighted by Crippen LogP contribution is -2.14. The molecule has 0 radical (unpaired) electrons. The molecule has 0 spiro atoms. The maximum atomic E-state index is 10.6. The van der Waals surface area contributed by atoms with Gasteiger partial charge in [-0.3, -0.25) is 9.48 Å². The summed E-state index contributed by atoms with van der Waals surface area (Å²) >= 11 is 0. The number of carboxylic acid groups (broad SMARTS) is 1. The molecule has 0 amide bonds. The van der Waals surface area contributed by atoms with Crippen molar-refractivity contribution in [2.45, 2.75) is 12.8 Å². The Morgan fingerprint density at radius 3 is 3.00 bits per heavy atom. The van der Waals surface area contributed by atoms with Crippen LogP contribution in [0.2, 0.25) is 0 Å². The lowest BCUT2D eigenvalue weighted by atomic mass is 10.1. The van der Waals surface area contributed by atoms with Gasteiger partial charge >= 0.3 is 5.97 Å². The Morgan fingerprint density at radius 1 is 1.67 bits per heavy atom. The minimum Gasteiger partial charge on any atom is -0.481 e. The predicted octanol–water partition coefficient (Wildman–Crippen LogP) is -0.385. The molecule has 1 aliphatic carbocycles. The van der Waals surface area contributed by atoms with Gasteiger partial charge in [-0.1, -0.05) is 5.21 Å². The van der Waals surface area contributed by atoms with Gasteiger partial charge in [-0.15, -0.1) is 5.10 Å². The average molecular weight is 167 g/mol. The van der Waals surface area contributed by atoms with Crippen molar-refractivity contribution in [3.8, 4) is 0 Å². The van der Waals surface area contributed by atoms with Crippen molar-refractivity contribution in [2.24, 2.45) is 13.0 Å². The molecule has 0 bridgehead atoms. The fraction of sp³-hybridized carbons (Fsp3) is 0.571. The largest absolute Gasteiger partial charge is 0.481 e. The van der Waals surface area contributed by atoms with Gasteiger partial charge in [0.05, 0.1) is 17.3 Å². The first-order valence-corrected chi connectivity index (χ1v) is 3.78. The van der Waals surface area contributed by atoms with Gasteiger partial charge in [0.1, 0.15) is 0 Å². The van der Waals surface area contributed by atoms with E-state index in [9.17, 15) is 4.79 Å². The van der Waals surface area contributed by atoms with Crippen LogP contribution < -0.4 is 0 Å². The molecule has 1 aliphatic rings. The summed E-state index contributed by atoms with van der Waals surface area (Å²) in [6.45, 7) is 0. The number of carboxylic acids is 1. The van der Waals surface area contributed by atoms with Crippen LogP contribution in [0.3, 0.4) is 0 Å². The second-order valence-electron chi connectivity index (χ2n) is 3.05. The number of fused-ring (bicyclic) bond motifs is 1. The fourth-order valence-corrected chi connectivity index (χ4v) is 1.54. The summed E-state index contributed by atoms with van der Waals surface area (Å²) in [6, 6.07) is 0. The lowest BCUT2D eigenvalue weighted by molar-refractivity contribution is -0.141. The molecule has 0 fully saturated rings. The third-order valence-corrected chi connectivity index (χ3v) is 2.25. The monoisotopic (exact) mass is 167 g/mol. The van der Waals surface area contributed by atoms with Gasteiger partial charge in [-0.2, -0.15) is 0 Å². The summed E-state index contributed by atoms with van der Waals surface area (Å²) in [4.78, 5) is 10.6. The predicted molar refractivity (Wildman–Crippen MR) is 39.5 cm³/mol. The molecule has 1 N–H and O–H groups in total. The molecule has 1 atom stereocenters. The molecule has 0 saturated heterocycles. The minimum atomic E-state index is -0.743. The molecule has 5 nitrogen and oxygen atoms in total. The minimum absolute atomic E-state index is 0.295. The molecule has 1 unspecified atom stereocenters. The van der Waals surface area contributed by atoms with Crippen LogP contribution in [-0.2, 0) is 24.7 Å². The molecule has 0 aliphatic heterocycles. The van der Waals surface area contributed by atoms with E-state index in [-0.39, 0.29) is 5.92 Å². The summed E-state index contributed by atoms with van der Waals surface area (Å²) in [5.74, 6) is -1.04. The van der Waals surface area contributed by atoms with Crippen molar-refractivity contribution in [3.05, 3.63) is 11.4 Å². The zero-order chi connectivity index (χ0) is 8.72. The molecule has 1 aromatic heterocycles. The highest BCUT2D eigenvalue weighted by Crippen LogP contribution is 2.23. The summed E-state index contributed by atoms with van der Waals surface area (Å²) < 4.78 is 1.65. The highest BCUT2D eigenvalue weighted by atomic mass is 16.4. The number of nitrogens with zero attached hydrogens (tertiary/aromatic N) is 3. The van der Waals surface area contributed by atoms with E-state index in [1.54, 1.807) is 11.7 Å². The van der Waals surface area contributed by atoms with E-state index in [0.717, 1.165) is 11.4 Å². The van der Waals surface area contributed by atoms with Crippen molar-refractivity contribution in [2.75, 3.05) is 0 Å². The third-order valence-electron chi connectivity index (χ3n) is 2.25. The van der Waals surface area contributed by atoms with E-state index in [0.29, 0.717) is 12.8 Å². The lowest BCUT2D eigenvalue weighted by Gasteiger charge is -2.00. The van der Waals surface area contributed by atoms with Crippen LogP contribution in [0.1, 0.15) is 11.4 Å². The zero-order valence-corrected chi connectivity index (χ0v) is 6.69. The van der Waals surface area contributed by atoms with Crippen LogP contribution in [0.25, 0.3) is 0 Å². The van der Waals surface area contributed by atoms with Gasteiger partial charge in [0.2, 0.25) is 0 Å². The Hall–Kier alpha value is -1.39. The van der Waals surface area contributed by atoms with Crippen LogP contribution in [0.15, 0.2) is 0 Å². The normalized spacial score (nSPS) is 20.9. The first kappa shape index (κ1) is 7.27. The van der Waals surface area contributed by atoms with Crippen molar-refractivity contribution >= 4 is 5.97 Å². The number of aromatic nitrogens is 3. The van der Waals surface area contributed by atoms with Crippen LogP contribution in [0.5, 0.6) is 0 Å². The van der Waals surface area contributed by atoms with E-state index in [1.165, 1.54) is 0 Å². The Labute approximate surface area is 69.0 Å². The highest BCUT2D eigenvalue weighted by molar-refractivity contribution is 5.71. The number of hydrogen-bond donors (Lipinski definition) is 1. The van der Waals surface area contributed by atoms with Gasteiger partial charge in [0.25, 0.3) is 0 Å². The summed E-state index contributed by atoms with van der Waals surface area (Å²) in [5.41, 5.74) is 1.80. The number of hydrogen-bond acceptors (Lipinski definition) is 3. The number of rotatable bonds is 1. The van der Waals surface area contributed by atoms with Crippen LogP contribution in [0, 0.1) is 5.92 Å². The van der Waals surface area contributed by atoms with Gasteiger partial charge in [0.15, 0.2) is 0 Å². The maximum Gasteiger partial charge on any atom is 0.307 e. The molecular weight excluding hydrogens is 158 g/mol. The molecule has 12 heavy (non-hydrogen) atoms. The van der Waals surface area contributed by atoms with Gasteiger partial charge < -0.3 is 5.11 Å². The van der Waals surface area contributed by atoms with Gasteiger partial charge in [-0.25, -0.2) is 0 Å². The highest BCUT2D eigenvalue weighted by Gasteiger charge is 2.30. The fourth-order valence-electron chi connectivity index (χ4n) is 1.54. The average Bonchev–Trinajstić information content (AvgIpc) is 2.53. The molecule has 0 saturated carbocycles. The Balaban J connectivity index is 2.28. The second-order valence-corrected chi connectivity index (χ2v) is 3.05. The Morgan fingerprint density at radius 2 is 2.42 bits per heavy atom. The van der Waals surface area contributed by atoms with Crippen LogP contribution in [0.4, 0.5) is 0 Å². The molecule has 64 valence electrons. The summed E-state index contributed by atoms with van der Waals surface area (Å²) in [6.07, 6.45) is 1.09. The van der Waals surface area contributed by atoms with Crippen molar-refractivity contribution in [1.29, 1.82) is 0 Å². The molecule has 2 rings (SSSR count). The molecular formula is C7H9N3O2. The topological polar surface area (TPSA) is 68.0 Å². The van der Waals surface area contributed by atoms with Gasteiger partial charge in [-0.05, 0) is 0 Å². The first-order chi connectivity index (χ1) is 5.68. The van der Waals surface area contributed by atoms with Crippen molar-refractivity contribution < 1.29 is 9.90 Å². The Kier molecular flexibility index (Phi) is 1.39. The number of carbonyl (C=O) groups is 1. The van der Waals surface area contributed by atoms with Crippen molar-refractivity contribution in [1.82, 2.24) is 15.0 Å². The van der Waals surface area contributed by atoms with Gasteiger partial charge in [0, 0.05) is 19.9 Å². The van der Waals surface area contributed by atoms with E-state index < -0.39 is 5.97 Å². The molecule has 1 aromatic rings. The smallest absolute Gasteiger partial charge is 0.307 e. The summed E-state index contributed by atoms with van der Waals surface area (Å²) in [5, 5.41) is 16.4. The second kappa shape index (κ2) is 2.30. The van der Waals surface area contributed by atoms with Crippen molar-refractivity contribution in [3.63, 3.8) is 0 Å². The first-order valence-electron chi connectivity index (χ1n) is 3.78. The van der Waals surface area contributed by atoms with E-state index in [2.05, 4.69) is 10.3 Å². The third kappa shape index (κ3) is 0.895. The van der Waals surface area contributed by atoms with Crippen LogP contribution >= 0.6 is 0 Å². The van der Waals surface area contributed by atoms with E-state index in [1.807, 2.05) is 0 Å². The Bertz CT molecular complexity index is 331. The molecule has 1 heterocycles. The van der Waals surface area contributed by atoms with E-state index in [4.69, 9.17) is 5.11 Å². The SMILES string of the molecule is Cn1nnc2c1CC(C(=O)O)C2. The van der Waals surface area contributed by atoms with E-state index >= 15 is 0 Å². The van der Waals surface area contributed by atoms with Crippen LogP contribution in [-0.4, -0.2) is 26.1 Å². The molecule has 5 heteroatoms. The quantitative estimate of drug-likeness (QED) is 0.618. The maximum absolute atomic E-state index is 10.6.